The predicted octanol–water partition coefficient (Wildman–Crippen LogP) is 2.25. The second-order valence-corrected chi connectivity index (χ2v) is 5.66. The van der Waals surface area contributed by atoms with Gasteiger partial charge in [-0.25, -0.2) is 4.98 Å². The van der Waals surface area contributed by atoms with Gasteiger partial charge in [-0.3, -0.25) is 4.79 Å². The molecule has 3 rings (SSSR count). The van der Waals surface area contributed by atoms with Crippen LogP contribution in [0.25, 0.3) is 0 Å². The van der Waals surface area contributed by atoms with Gasteiger partial charge in [0, 0.05) is 32.4 Å². The molecule has 1 aliphatic rings. The van der Waals surface area contributed by atoms with Gasteiger partial charge in [-0.1, -0.05) is 5.16 Å². The Kier molecular flexibility index (Phi) is 4.09. The molecule has 0 atom stereocenters. The third-order valence-corrected chi connectivity index (χ3v) is 3.85. The fraction of sp³-hybridized carbons (Fsp3) is 0.438. The van der Waals surface area contributed by atoms with Gasteiger partial charge >= 0.3 is 0 Å². The highest BCUT2D eigenvalue weighted by molar-refractivity contribution is 5.98. The quantitative estimate of drug-likeness (QED) is 0.866. The van der Waals surface area contributed by atoms with E-state index in [1.807, 2.05) is 19.1 Å². The molecule has 22 heavy (non-hydrogen) atoms. The average Bonchev–Trinajstić information content (AvgIpc) is 3.18. The first-order chi connectivity index (χ1) is 10.6. The maximum atomic E-state index is 12.7. The van der Waals surface area contributed by atoms with E-state index in [9.17, 15) is 4.79 Å². The van der Waals surface area contributed by atoms with Crippen molar-refractivity contribution in [3.05, 3.63) is 41.4 Å². The minimum atomic E-state index is -0.0457. The minimum Gasteiger partial charge on any atom is -0.361 e. The summed E-state index contributed by atoms with van der Waals surface area (Å²) in [5.74, 6) is 1.49. The highest BCUT2D eigenvalue weighted by atomic mass is 16.5. The van der Waals surface area contributed by atoms with Crippen molar-refractivity contribution in [2.45, 2.75) is 26.3 Å². The predicted molar refractivity (Wildman–Crippen MR) is 82.7 cm³/mol. The number of hydrogen-bond donors (Lipinski definition) is 0. The van der Waals surface area contributed by atoms with Gasteiger partial charge in [0.2, 0.25) is 0 Å². The number of rotatable bonds is 4. The Bertz CT molecular complexity index is 662. The van der Waals surface area contributed by atoms with Crippen LogP contribution in [-0.4, -0.2) is 41.1 Å². The van der Waals surface area contributed by atoms with Gasteiger partial charge < -0.3 is 14.3 Å². The number of amides is 1. The van der Waals surface area contributed by atoms with E-state index >= 15 is 0 Å². The standard InChI is InChI=1S/C16H20N4O2/c1-12-10-13(18-22-12)11-19(2)16(21)14-6-5-7-17-15(14)20-8-3-4-9-20/h5-7,10H,3-4,8-9,11H2,1-2H3. The van der Waals surface area contributed by atoms with Crippen LogP contribution in [0.5, 0.6) is 0 Å². The van der Waals surface area contributed by atoms with Crippen LogP contribution in [0.15, 0.2) is 28.9 Å². The molecule has 1 saturated heterocycles. The van der Waals surface area contributed by atoms with Crippen LogP contribution in [0.4, 0.5) is 5.82 Å². The zero-order valence-electron chi connectivity index (χ0n) is 13.0. The van der Waals surface area contributed by atoms with Gasteiger partial charge in [0.05, 0.1) is 12.1 Å². The molecule has 0 N–H and O–H groups in total. The number of pyridine rings is 1. The Morgan fingerprint density at radius 2 is 2.18 bits per heavy atom. The smallest absolute Gasteiger partial charge is 0.257 e. The average molecular weight is 300 g/mol. The molecule has 1 fully saturated rings. The zero-order chi connectivity index (χ0) is 15.5. The number of hydrogen-bond acceptors (Lipinski definition) is 5. The summed E-state index contributed by atoms with van der Waals surface area (Å²) in [6.45, 7) is 4.18. The molecule has 6 heteroatoms. The van der Waals surface area contributed by atoms with Crippen LogP contribution in [0.1, 0.15) is 34.7 Å². The normalized spacial score (nSPS) is 14.4. The van der Waals surface area contributed by atoms with E-state index in [1.54, 1.807) is 24.2 Å². The molecule has 116 valence electrons. The van der Waals surface area contributed by atoms with Gasteiger partial charge in [-0.15, -0.1) is 0 Å². The van der Waals surface area contributed by atoms with Gasteiger partial charge in [0.25, 0.3) is 5.91 Å². The van der Waals surface area contributed by atoms with E-state index in [0.29, 0.717) is 12.1 Å². The van der Waals surface area contributed by atoms with E-state index in [4.69, 9.17) is 4.52 Å². The van der Waals surface area contributed by atoms with Crippen molar-refractivity contribution < 1.29 is 9.32 Å². The topological polar surface area (TPSA) is 62.5 Å². The van der Waals surface area contributed by atoms with E-state index in [0.717, 1.165) is 43.2 Å². The summed E-state index contributed by atoms with van der Waals surface area (Å²) >= 11 is 0. The second-order valence-electron chi connectivity index (χ2n) is 5.66. The Morgan fingerprint density at radius 3 is 2.86 bits per heavy atom. The van der Waals surface area contributed by atoms with Gasteiger partial charge in [0.15, 0.2) is 0 Å². The Balaban J connectivity index is 1.79. The van der Waals surface area contributed by atoms with Crippen molar-refractivity contribution in [3.8, 4) is 0 Å². The fourth-order valence-corrected chi connectivity index (χ4v) is 2.76. The fourth-order valence-electron chi connectivity index (χ4n) is 2.76. The van der Waals surface area contributed by atoms with E-state index in [2.05, 4.69) is 15.0 Å². The highest BCUT2D eigenvalue weighted by Crippen LogP contribution is 2.23. The molecule has 0 spiro atoms. The summed E-state index contributed by atoms with van der Waals surface area (Å²) in [5, 5.41) is 3.94. The molecule has 0 aliphatic carbocycles. The van der Waals surface area contributed by atoms with Crippen molar-refractivity contribution in [1.29, 1.82) is 0 Å². The third kappa shape index (κ3) is 2.95. The second kappa shape index (κ2) is 6.17. The zero-order valence-corrected chi connectivity index (χ0v) is 13.0. The summed E-state index contributed by atoms with van der Waals surface area (Å²) in [5.41, 5.74) is 1.40. The van der Waals surface area contributed by atoms with Gasteiger partial charge in [0.1, 0.15) is 17.3 Å². The first kappa shape index (κ1) is 14.6. The summed E-state index contributed by atoms with van der Waals surface area (Å²) in [6, 6.07) is 5.49. The van der Waals surface area contributed by atoms with Crippen molar-refractivity contribution in [3.63, 3.8) is 0 Å². The van der Waals surface area contributed by atoms with E-state index < -0.39 is 0 Å². The van der Waals surface area contributed by atoms with Crippen molar-refractivity contribution in [1.82, 2.24) is 15.0 Å². The number of anilines is 1. The molecule has 0 saturated carbocycles. The highest BCUT2D eigenvalue weighted by Gasteiger charge is 2.23. The Labute approximate surface area is 129 Å². The Morgan fingerprint density at radius 1 is 1.41 bits per heavy atom. The summed E-state index contributed by atoms with van der Waals surface area (Å²) < 4.78 is 5.05. The number of aromatic nitrogens is 2. The largest absolute Gasteiger partial charge is 0.361 e. The lowest BCUT2D eigenvalue weighted by molar-refractivity contribution is 0.0782. The first-order valence-corrected chi connectivity index (χ1v) is 7.53. The molecule has 0 aromatic carbocycles. The molecule has 1 aliphatic heterocycles. The first-order valence-electron chi connectivity index (χ1n) is 7.53. The maximum absolute atomic E-state index is 12.7. The van der Waals surface area contributed by atoms with Crippen molar-refractivity contribution >= 4 is 11.7 Å². The maximum Gasteiger partial charge on any atom is 0.257 e. The Hall–Kier alpha value is -2.37. The molecule has 6 nitrogen and oxygen atoms in total. The van der Waals surface area contributed by atoms with Gasteiger partial charge in [-0.05, 0) is 31.9 Å². The molecule has 3 heterocycles. The molecule has 0 bridgehead atoms. The molecular formula is C16H20N4O2. The number of aryl methyl sites for hydroxylation is 1. The van der Waals surface area contributed by atoms with Crippen LogP contribution in [-0.2, 0) is 6.54 Å². The molecule has 2 aromatic rings. The van der Waals surface area contributed by atoms with Crippen LogP contribution in [0.3, 0.4) is 0 Å². The summed E-state index contributed by atoms with van der Waals surface area (Å²) in [6.07, 6.45) is 4.04. The molecule has 1 amide bonds. The molecule has 0 radical (unpaired) electrons. The summed E-state index contributed by atoms with van der Waals surface area (Å²) in [4.78, 5) is 21.0. The van der Waals surface area contributed by atoms with E-state index in [1.165, 1.54) is 0 Å². The third-order valence-electron chi connectivity index (χ3n) is 3.85. The number of carbonyl (C=O) groups excluding carboxylic acids is 1. The van der Waals surface area contributed by atoms with Crippen LogP contribution < -0.4 is 4.90 Å². The minimum absolute atomic E-state index is 0.0457. The lowest BCUT2D eigenvalue weighted by Gasteiger charge is -2.22. The van der Waals surface area contributed by atoms with Crippen molar-refractivity contribution in [2.24, 2.45) is 0 Å². The van der Waals surface area contributed by atoms with Crippen LogP contribution in [0, 0.1) is 6.92 Å². The van der Waals surface area contributed by atoms with E-state index in [-0.39, 0.29) is 5.91 Å². The molecular weight excluding hydrogens is 280 g/mol. The van der Waals surface area contributed by atoms with Gasteiger partial charge in [-0.2, -0.15) is 0 Å². The molecule has 0 unspecified atom stereocenters. The number of carbonyl (C=O) groups is 1. The lowest BCUT2D eigenvalue weighted by atomic mass is 10.2. The lowest BCUT2D eigenvalue weighted by Crippen LogP contribution is -2.29. The monoisotopic (exact) mass is 300 g/mol. The van der Waals surface area contributed by atoms with Crippen molar-refractivity contribution in [2.75, 3.05) is 25.0 Å². The molecule has 2 aromatic heterocycles. The van der Waals surface area contributed by atoms with Crippen LogP contribution in [0.2, 0.25) is 0 Å². The SMILES string of the molecule is Cc1cc(CN(C)C(=O)c2cccnc2N2CCCC2)no1. The summed E-state index contributed by atoms with van der Waals surface area (Å²) in [7, 11) is 1.77. The number of nitrogens with zero attached hydrogens (tertiary/aromatic N) is 4. The van der Waals surface area contributed by atoms with Crippen LogP contribution >= 0.6 is 0 Å².